The van der Waals surface area contributed by atoms with Crippen molar-refractivity contribution in [2.24, 2.45) is 5.73 Å². The van der Waals surface area contributed by atoms with Crippen LogP contribution in [0, 0.1) is 0 Å². The van der Waals surface area contributed by atoms with Crippen molar-refractivity contribution in [3.05, 3.63) is 40.4 Å². The molecule has 0 radical (unpaired) electrons. The van der Waals surface area contributed by atoms with E-state index in [-0.39, 0.29) is 6.04 Å². The van der Waals surface area contributed by atoms with Gasteiger partial charge in [0.05, 0.1) is 12.1 Å². The summed E-state index contributed by atoms with van der Waals surface area (Å²) in [4.78, 5) is 0. The Kier molecular flexibility index (Phi) is 4.67. The lowest BCUT2D eigenvalue weighted by Gasteiger charge is -2.18. The fourth-order valence-electron chi connectivity index (χ4n) is 2.40. The zero-order valence-electron chi connectivity index (χ0n) is 10.8. The molecule has 18 heavy (non-hydrogen) atoms. The van der Waals surface area contributed by atoms with Crippen LogP contribution in [0.5, 0.6) is 5.75 Å². The Morgan fingerprint density at radius 2 is 2.22 bits per heavy atom. The predicted molar refractivity (Wildman–Crippen MR) is 76.1 cm³/mol. The van der Waals surface area contributed by atoms with Crippen LogP contribution >= 0.6 is 11.6 Å². The molecule has 2 rings (SSSR count). The summed E-state index contributed by atoms with van der Waals surface area (Å²) in [6.45, 7) is 0. The Bertz CT molecular complexity index is 442. The number of halogens is 1. The van der Waals surface area contributed by atoms with Gasteiger partial charge in [-0.1, -0.05) is 29.3 Å². The Hall–Kier alpha value is -0.990. The molecule has 0 bridgehead atoms. The maximum absolute atomic E-state index is 6.26. The van der Waals surface area contributed by atoms with Crippen molar-refractivity contribution in [2.45, 2.75) is 38.1 Å². The molecule has 98 valence electrons. The smallest absolute Gasteiger partial charge is 0.137 e. The molecule has 0 saturated carbocycles. The van der Waals surface area contributed by atoms with E-state index in [4.69, 9.17) is 22.1 Å². The van der Waals surface area contributed by atoms with E-state index in [1.807, 2.05) is 18.2 Å². The summed E-state index contributed by atoms with van der Waals surface area (Å²) in [5.41, 5.74) is 8.83. The van der Waals surface area contributed by atoms with Gasteiger partial charge in [0.2, 0.25) is 0 Å². The van der Waals surface area contributed by atoms with E-state index >= 15 is 0 Å². The van der Waals surface area contributed by atoms with Gasteiger partial charge < -0.3 is 10.5 Å². The van der Waals surface area contributed by atoms with Gasteiger partial charge in [0, 0.05) is 6.04 Å². The van der Waals surface area contributed by atoms with Crippen molar-refractivity contribution in [2.75, 3.05) is 7.11 Å². The molecule has 0 spiro atoms. The minimum Gasteiger partial charge on any atom is -0.495 e. The van der Waals surface area contributed by atoms with Gasteiger partial charge in [-0.05, 0) is 49.8 Å². The summed E-state index contributed by atoms with van der Waals surface area (Å²) in [5.74, 6) is 0.697. The van der Waals surface area contributed by atoms with E-state index in [1.54, 1.807) is 7.11 Å². The number of allylic oxidation sites excluding steroid dienone is 1. The van der Waals surface area contributed by atoms with Gasteiger partial charge >= 0.3 is 0 Å². The van der Waals surface area contributed by atoms with Crippen LogP contribution in [-0.2, 0) is 0 Å². The Balaban J connectivity index is 2.08. The van der Waals surface area contributed by atoms with Gasteiger partial charge in [0.1, 0.15) is 5.75 Å². The number of ether oxygens (including phenoxy) is 1. The van der Waals surface area contributed by atoms with Crippen molar-refractivity contribution in [1.29, 1.82) is 0 Å². The molecular formula is C15H20ClNO. The molecular weight excluding hydrogens is 246 g/mol. The molecule has 0 amide bonds. The highest BCUT2D eigenvalue weighted by atomic mass is 35.5. The molecule has 0 aliphatic heterocycles. The first-order chi connectivity index (χ1) is 8.70. The molecule has 0 aromatic heterocycles. The molecule has 0 saturated heterocycles. The molecule has 1 aromatic rings. The maximum atomic E-state index is 6.26. The standard InChI is InChI=1S/C15H20ClNO/c1-18-15-10-12(7-8-13(15)16)14(17)9-11-5-3-2-4-6-11/h5,7-8,10,14H,2-4,6,9,17H2,1H3. The number of hydrogen-bond donors (Lipinski definition) is 1. The molecule has 3 heteroatoms. The zero-order valence-corrected chi connectivity index (χ0v) is 11.5. The highest BCUT2D eigenvalue weighted by molar-refractivity contribution is 6.32. The largest absolute Gasteiger partial charge is 0.495 e. The summed E-state index contributed by atoms with van der Waals surface area (Å²) in [6, 6.07) is 5.81. The number of rotatable bonds is 4. The molecule has 1 aliphatic rings. The van der Waals surface area contributed by atoms with E-state index in [1.165, 1.54) is 31.3 Å². The van der Waals surface area contributed by atoms with Crippen molar-refractivity contribution >= 4 is 11.6 Å². The van der Waals surface area contributed by atoms with E-state index in [0.29, 0.717) is 10.8 Å². The van der Waals surface area contributed by atoms with Gasteiger partial charge in [0.15, 0.2) is 0 Å². The van der Waals surface area contributed by atoms with Crippen LogP contribution in [0.25, 0.3) is 0 Å². The second-order valence-corrected chi connectivity index (χ2v) is 5.22. The highest BCUT2D eigenvalue weighted by Crippen LogP contribution is 2.31. The molecule has 0 heterocycles. The first-order valence-electron chi connectivity index (χ1n) is 6.47. The monoisotopic (exact) mass is 265 g/mol. The van der Waals surface area contributed by atoms with Crippen molar-refractivity contribution in [1.82, 2.24) is 0 Å². The number of benzene rings is 1. The molecule has 2 nitrogen and oxygen atoms in total. The lowest BCUT2D eigenvalue weighted by Crippen LogP contribution is -2.12. The molecule has 2 N–H and O–H groups in total. The van der Waals surface area contributed by atoms with Crippen LogP contribution in [-0.4, -0.2) is 7.11 Å². The normalized spacial score (nSPS) is 17.2. The Labute approximate surface area is 114 Å². The third-order valence-corrected chi connectivity index (χ3v) is 3.78. The number of methoxy groups -OCH3 is 1. The minimum atomic E-state index is 0.0283. The third kappa shape index (κ3) is 3.27. The average molecular weight is 266 g/mol. The molecule has 0 fully saturated rings. The molecule has 1 aromatic carbocycles. The van der Waals surface area contributed by atoms with E-state index in [2.05, 4.69) is 6.08 Å². The van der Waals surface area contributed by atoms with E-state index in [9.17, 15) is 0 Å². The first-order valence-corrected chi connectivity index (χ1v) is 6.85. The van der Waals surface area contributed by atoms with Crippen LogP contribution < -0.4 is 10.5 Å². The Morgan fingerprint density at radius 1 is 1.39 bits per heavy atom. The zero-order chi connectivity index (χ0) is 13.0. The third-order valence-electron chi connectivity index (χ3n) is 3.47. The van der Waals surface area contributed by atoms with E-state index in [0.717, 1.165) is 12.0 Å². The van der Waals surface area contributed by atoms with Crippen LogP contribution in [0.4, 0.5) is 0 Å². The second-order valence-electron chi connectivity index (χ2n) is 4.81. The molecule has 1 aliphatic carbocycles. The van der Waals surface area contributed by atoms with Crippen molar-refractivity contribution < 1.29 is 4.74 Å². The Morgan fingerprint density at radius 3 is 2.89 bits per heavy atom. The summed E-state index contributed by atoms with van der Waals surface area (Å²) >= 11 is 6.02. The summed E-state index contributed by atoms with van der Waals surface area (Å²) in [7, 11) is 1.63. The van der Waals surface area contributed by atoms with Crippen LogP contribution in [0.15, 0.2) is 29.8 Å². The maximum Gasteiger partial charge on any atom is 0.137 e. The molecule has 1 atom stereocenters. The lowest BCUT2D eigenvalue weighted by atomic mass is 9.92. The topological polar surface area (TPSA) is 35.2 Å². The van der Waals surface area contributed by atoms with Crippen molar-refractivity contribution in [3.63, 3.8) is 0 Å². The number of hydrogen-bond acceptors (Lipinski definition) is 2. The summed E-state index contributed by atoms with van der Waals surface area (Å²) < 4.78 is 5.22. The van der Waals surface area contributed by atoms with E-state index < -0.39 is 0 Å². The van der Waals surface area contributed by atoms with Gasteiger partial charge in [-0.3, -0.25) is 0 Å². The predicted octanol–water partition coefficient (Wildman–Crippen LogP) is 4.24. The molecule has 1 unspecified atom stereocenters. The highest BCUT2D eigenvalue weighted by Gasteiger charge is 2.12. The fraction of sp³-hybridized carbons (Fsp3) is 0.467. The lowest BCUT2D eigenvalue weighted by molar-refractivity contribution is 0.414. The first kappa shape index (κ1) is 13.4. The summed E-state index contributed by atoms with van der Waals surface area (Å²) in [6.07, 6.45) is 8.28. The van der Waals surface area contributed by atoms with Crippen LogP contribution in [0.3, 0.4) is 0 Å². The van der Waals surface area contributed by atoms with Gasteiger partial charge in [-0.15, -0.1) is 0 Å². The quantitative estimate of drug-likeness (QED) is 0.827. The van der Waals surface area contributed by atoms with Gasteiger partial charge in [-0.25, -0.2) is 0 Å². The summed E-state index contributed by atoms with van der Waals surface area (Å²) in [5, 5.41) is 0.630. The average Bonchev–Trinajstić information content (AvgIpc) is 2.40. The van der Waals surface area contributed by atoms with Crippen LogP contribution in [0.1, 0.15) is 43.7 Å². The number of nitrogens with two attached hydrogens (primary N) is 1. The second kappa shape index (κ2) is 6.26. The minimum absolute atomic E-state index is 0.0283. The SMILES string of the molecule is COc1cc(C(N)CC2=CCCCC2)ccc1Cl. The van der Waals surface area contributed by atoms with Crippen LogP contribution in [0.2, 0.25) is 5.02 Å². The van der Waals surface area contributed by atoms with Crippen molar-refractivity contribution in [3.8, 4) is 5.75 Å². The van der Waals surface area contributed by atoms with Gasteiger partial charge in [-0.2, -0.15) is 0 Å². The fourth-order valence-corrected chi connectivity index (χ4v) is 2.59. The van der Waals surface area contributed by atoms with Gasteiger partial charge in [0.25, 0.3) is 0 Å².